The highest BCUT2D eigenvalue weighted by molar-refractivity contribution is 14.0. The monoisotopic (exact) mass is 465 g/mol. The molecule has 3 rings (SSSR count). The van der Waals surface area contributed by atoms with Crippen molar-refractivity contribution in [1.82, 2.24) is 15.6 Å². The molecule has 1 aliphatic heterocycles. The lowest BCUT2D eigenvalue weighted by Crippen LogP contribution is -2.44. The molecule has 0 aliphatic carbocycles. The van der Waals surface area contributed by atoms with E-state index in [-0.39, 0.29) is 24.0 Å². The van der Waals surface area contributed by atoms with E-state index in [0.29, 0.717) is 12.6 Å². The zero-order chi connectivity index (χ0) is 17.5. The highest BCUT2D eigenvalue weighted by atomic mass is 127. The number of hydrogen-bond acceptors (Lipinski definition) is 3. The maximum Gasteiger partial charge on any atom is 0.191 e. The molecule has 1 aromatic heterocycles. The van der Waals surface area contributed by atoms with Crippen LogP contribution >= 0.6 is 24.0 Å². The Kier molecular flexibility index (Phi) is 8.15. The fraction of sp³-hybridized carbons (Fsp3) is 0.400. The first-order chi connectivity index (χ1) is 12.3. The van der Waals surface area contributed by atoms with Crippen molar-refractivity contribution < 1.29 is 0 Å². The van der Waals surface area contributed by atoms with E-state index in [0.717, 1.165) is 37.7 Å². The van der Waals surface area contributed by atoms with Gasteiger partial charge in [0.2, 0.25) is 0 Å². The molecule has 26 heavy (non-hydrogen) atoms. The average molecular weight is 465 g/mol. The predicted molar refractivity (Wildman–Crippen MR) is 119 cm³/mol. The molecule has 2 heterocycles. The average Bonchev–Trinajstić information content (AvgIpc) is 3.10. The molecule has 1 aliphatic rings. The molecule has 1 unspecified atom stereocenters. The minimum Gasteiger partial charge on any atom is -0.369 e. The normalized spacial score (nSPS) is 16.9. The summed E-state index contributed by atoms with van der Waals surface area (Å²) < 4.78 is 0. The van der Waals surface area contributed by atoms with Crippen LogP contribution in [-0.4, -0.2) is 36.6 Å². The van der Waals surface area contributed by atoms with Gasteiger partial charge < -0.3 is 15.5 Å². The first-order valence-corrected chi connectivity index (χ1v) is 9.01. The number of para-hydroxylation sites is 1. The van der Waals surface area contributed by atoms with Gasteiger partial charge in [-0.25, -0.2) is 4.99 Å². The molecule has 140 valence electrons. The number of nitrogens with zero attached hydrogens (tertiary/aromatic N) is 3. The molecule has 1 atom stereocenters. The number of pyridine rings is 1. The lowest BCUT2D eigenvalue weighted by Gasteiger charge is -2.20. The molecule has 1 fully saturated rings. The SMILES string of the molecule is CCNC(=NCc1ncccc1C)NC1CCN(c2ccccc2)C1.I. The van der Waals surface area contributed by atoms with Crippen LogP contribution in [0.2, 0.25) is 0 Å². The largest absolute Gasteiger partial charge is 0.369 e. The third kappa shape index (κ3) is 5.59. The number of aryl methyl sites for hydroxylation is 1. The van der Waals surface area contributed by atoms with Gasteiger partial charge in [0.15, 0.2) is 5.96 Å². The fourth-order valence-corrected chi connectivity index (χ4v) is 3.10. The Morgan fingerprint density at radius 2 is 2.04 bits per heavy atom. The third-order valence-electron chi connectivity index (χ3n) is 4.50. The predicted octanol–water partition coefficient (Wildman–Crippen LogP) is 3.34. The maximum absolute atomic E-state index is 4.72. The number of halogens is 1. The molecule has 0 saturated carbocycles. The zero-order valence-corrected chi connectivity index (χ0v) is 17.8. The van der Waals surface area contributed by atoms with Gasteiger partial charge in [-0.15, -0.1) is 24.0 Å². The Labute approximate surface area is 173 Å². The number of hydrogen-bond donors (Lipinski definition) is 2. The van der Waals surface area contributed by atoms with E-state index in [1.807, 2.05) is 12.3 Å². The number of nitrogens with one attached hydrogen (secondary N) is 2. The lowest BCUT2D eigenvalue weighted by molar-refractivity contribution is 0.648. The van der Waals surface area contributed by atoms with Gasteiger partial charge in [0, 0.05) is 37.6 Å². The molecule has 1 aromatic carbocycles. The van der Waals surface area contributed by atoms with Crippen molar-refractivity contribution in [3.8, 4) is 0 Å². The second kappa shape index (κ2) is 10.4. The summed E-state index contributed by atoms with van der Waals surface area (Å²) >= 11 is 0. The lowest BCUT2D eigenvalue weighted by atomic mass is 10.2. The van der Waals surface area contributed by atoms with E-state index in [9.17, 15) is 0 Å². The van der Waals surface area contributed by atoms with Crippen molar-refractivity contribution in [2.24, 2.45) is 4.99 Å². The number of aliphatic imine (C=N–C) groups is 1. The number of anilines is 1. The third-order valence-corrected chi connectivity index (χ3v) is 4.50. The molecule has 6 heteroatoms. The Balaban J connectivity index is 0.00000243. The highest BCUT2D eigenvalue weighted by Crippen LogP contribution is 2.19. The van der Waals surface area contributed by atoms with Gasteiger partial charge in [-0.05, 0) is 44.0 Å². The van der Waals surface area contributed by atoms with Gasteiger partial charge in [0.25, 0.3) is 0 Å². The summed E-state index contributed by atoms with van der Waals surface area (Å²) in [6, 6.07) is 15.0. The van der Waals surface area contributed by atoms with Gasteiger partial charge in [0.1, 0.15) is 0 Å². The molecule has 1 saturated heterocycles. The van der Waals surface area contributed by atoms with E-state index in [2.05, 4.69) is 70.8 Å². The zero-order valence-electron chi connectivity index (χ0n) is 15.5. The summed E-state index contributed by atoms with van der Waals surface area (Å²) in [6.07, 6.45) is 2.94. The van der Waals surface area contributed by atoms with E-state index < -0.39 is 0 Å². The van der Waals surface area contributed by atoms with E-state index >= 15 is 0 Å². The summed E-state index contributed by atoms with van der Waals surface area (Å²) in [4.78, 5) is 11.6. The van der Waals surface area contributed by atoms with Crippen LogP contribution < -0.4 is 15.5 Å². The number of guanidine groups is 1. The van der Waals surface area contributed by atoms with Gasteiger partial charge in [0.05, 0.1) is 12.2 Å². The molecular formula is C20H28IN5. The van der Waals surface area contributed by atoms with Crippen molar-refractivity contribution in [3.63, 3.8) is 0 Å². The standard InChI is InChI=1S/C20H27N5.HI/c1-3-21-20(23-14-19-16(2)8-7-12-22-19)24-17-11-13-25(15-17)18-9-5-4-6-10-18;/h4-10,12,17H,3,11,13-15H2,1-2H3,(H2,21,23,24);1H. The highest BCUT2D eigenvalue weighted by Gasteiger charge is 2.23. The van der Waals surface area contributed by atoms with Crippen molar-refractivity contribution >= 4 is 35.6 Å². The Bertz CT molecular complexity index is 704. The molecule has 5 nitrogen and oxygen atoms in total. The molecule has 0 spiro atoms. The number of benzene rings is 1. The minimum atomic E-state index is 0. The first kappa shape index (κ1) is 20.5. The van der Waals surface area contributed by atoms with Crippen molar-refractivity contribution in [1.29, 1.82) is 0 Å². The maximum atomic E-state index is 4.72. The number of rotatable bonds is 5. The van der Waals surface area contributed by atoms with Crippen LogP contribution in [0.15, 0.2) is 53.7 Å². The molecule has 0 amide bonds. The molecule has 2 N–H and O–H groups in total. The number of aromatic nitrogens is 1. The second-order valence-corrected chi connectivity index (χ2v) is 6.37. The van der Waals surface area contributed by atoms with E-state index in [4.69, 9.17) is 4.99 Å². The van der Waals surface area contributed by atoms with Gasteiger partial charge >= 0.3 is 0 Å². The van der Waals surface area contributed by atoms with Crippen LogP contribution in [0.3, 0.4) is 0 Å². The van der Waals surface area contributed by atoms with Gasteiger partial charge in [-0.2, -0.15) is 0 Å². The van der Waals surface area contributed by atoms with Crippen molar-refractivity contribution in [2.75, 3.05) is 24.5 Å². The van der Waals surface area contributed by atoms with E-state index in [1.165, 1.54) is 11.3 Å². The Morgan fingerprint density at radius 3 is 2.77 bits per heavy atom. The van der Waals surface area contributed by atoms with Crippen molar-refractivity contribution in [3.05, 3.63) is 59.9 Å². The van der Waals surface area contributed by atoms with Crippen LogP contribution in [0.4, 0.5) is 5.69 Å². The summed E-state index contributed by atoms with van der Waals surface area (Å²) in [7, 11) is 0. The minimum absolute atomic E-state index is 0. The summed E-state index contributed by atoms with van der Waals surface area (Å²) in [5, 5.41) is 6.92. The molecule has 2 aromatic rings. The smallest absolute Gasteiger partial charge is 0.191 e. The molecule has 0 bridgehead atoms. The molecule has 0 radical (unpaired) electrons. The summed E-state index contributed by atoms with van der Waals surface area (Å²) in [5.41, 5.74) is 3.49. The van der Waals surface area contributed by atoms with Crippen LogP contribution in [0.25, 0.3) is 0 Å². The van der Waals surface area contributed by atoms with Crippen LogP contribution in [0.5, 0.6) is 0 Å². The van der Waals surface area contributed by atoms with Gasteiger partial charge in [-0.3, -0.25) is 4.98 Å². The summed E-state index contributed by atoms with van der Waals surface area (Å²) in [6.45, 7) is 7.68. The second-order valence-electron chi connectivity index (χ2n) is 6.37. The summed E-state index contributed by atoms with van der Waals surface area (Å²) in [5.74, 6) is 0.868. The van der Waals surface area contributed by atoms with Crippen molar-refractivity contribution in [2.45, 2.75) is 32.9 Å². The van der Waals surface area contributed by atoms with Crippen LogP contribution in [0.1, 0.15) is 24.6 Å². The van der Waals surface area contributed by atoms with Crippen LogP contribution in [0, 0.1) is 6.92 Å². The quantitative estimate of drug-likeness (QED) is 0.404. The fourth-order valence-electron chi connectivity index (χ4n) is 3.10. The first-order valence-electron chi connectivity index (χ1n) is 9.01. The Hall–Kier alpha value is -1.83. The Morgan fingerprint density at radius 1 is 1.23 bits per heavy atom. The molecular weight excluding hydrogens is 437 g/mol. The topological polar surface area (TPSA) is 52.6 Å². The van der Waals surface area contributed by atoms with E-state index in [1.54, 1.807) is 0 Å². The van der Waals surface area contributed by atoms with Crippen LogP contribution in [-0.2, 0) is 6.54 Å². The van der Waals surface area contributed by atoms with Gasteiger partial charge in [-0.1, -0.05) is 24.3 Å².